The van der Waals surface area contributed by atoms with Gasteiger partial charge in [0.2, 0.25) is 0 Å². The van der Waals surface area contributed by atoms with Gasteiger partial charge in [0.25, 0.3) is 0 Å². The largest absolute Gasteiger partial charge is 0.494 e. The molecule has 0 saturated heterocycles. The van der Waals surface area contributed by atoms with Crippen molar-refractivity contribution >= 4 is 17.4 Å². The predicted molar refractivity (Wildman–Crippen MR) is 61.7 cm³/mol. The van der Waals surface area contributed by atoms with Crippen LogP contribution in [0.25, 0.3) is 0 Å². The normalized spacial score (nSPS) is 10.0. The molecular weight excluding hydrogens is 212 g/mol. The highest BCUT2D eigenvalue weighted by atomic mass is 35.5. The number of alkyl halides is 1. The van der Waals surface area contributed by atoms with Crippen LogP contribution in [0.2, 0.25) is 0 Å². The minimum absolute atomic E-state index is 0.0819. The van der Waals surface area contributed by atoms with E-state index in [0.29, 0.717) is 13.0 Å². The number of carbonyl (C=O) groups excluding carboxylic acids is 1. The Morgan fingerprint density at radius 1 is 1.47 bits per heavy atom. The van der Waals surface area contributed by atoms with Gasteiger partial charge in [-0.3, -0.25) is 4.79 Å². The molecule has 0 amide bonds. The Labute approximate surface area is 95.2 Å². The third-order valence-corrected chi connectivity index (χ3v) is 2.35. The molecule has 1 rings (SSSR count). The van der Waals surface area contributed by atoms with Crippen LogP contribution in [0.15, 0.2) is 24.3 Å². The van der Waals surface area contributed by atoms with Gasteiger partial charge in [-0.15, -0.1) is 11.6 Å². The molecular formula is C12H15ClO2. The van der Waals surface area contributed by atoms with Gasteiger partial charge in [0, 0.05) is 6.42 Å². The second-order valence-electron chi connectivity index (χ2n) is 3.25. The van der Waals surface area contributed by atoms with E-state index in [9.17, 15) is 4.79 Å². The fourth-order valence-corrected chi connectivity index (χ4v) is 1.44. The van der Waals surface area contributed by atoms with Crippen LogP contribution in [-0.4, -0.2) is 18.3 Å². The fourth-order valence-electron chi connectivity index (χ4n) is 1.31. The molecule has 1 aromatic carbocycles. The molecule has 82 valence electrons. The summed E-state index contributed by atoms with van der Waals surface area (Å²) in [4.78, 5) is 11.0. The van der Waals surface area contributed by atoms with Gasteiger partial charge in [-0.25, -0.2) is 0 Å². The van der Waals surface area contributed by atoms with Gasteiger partial charge < -0.3 is 4.74 Å². The second kappa shape index (κ2) is 6.46. The van der Waals surface area contributed by atoms with Crippen LogP contribution < -0.4 is 4.74 Å². The molecule has 0 fully saturated rings. The van der Waals surface area contributed by atoms with Gasteiger partial charge in [0.15, 0.2) is 0 Å². The van der Waals surface area contributed by atoms with Crippen molar-refractivity contribution in [3.8, 4) is 5.75 Å². The molecule has 3 heteroatoms. The number of ketones is 1. The monoisotopic (exact) mass is 226 g/mol. The molecule has 0 aliphatic rings. The molecule has 0 N–H and O–H groups in total. The van der Waals surface area contributed by atoms with Gasteiger partial charge >= 0.3 is 0 Å². The van der Waals surface area contributed by atoms with Crippen molar-refractivity contribution in [1.82, 2.24) is 0 Å². The van der Waals surface area contributed by atoms with Gasteiger partial charge in [-0.05, 0) is 31.0 Å². The van der Waals surface area contributed by atoms with E-state index < -0.39 is 0 Å². The predicted octanol–water partition coefficient (Wildman–Crippen LogP) is 2.83. The van der Waals surface area contributed by atoms with Crippen LogP contribution in [0.5, 0.6) is 5.75 Å². The number of halogens is 1. The summed E-state index contributed by atoms with van der Waals surface area (Å²) in [6.45, 7) is 2.60. The highest BCUT2D eigenvalue weighted by Gasteiger charge is 2.01. The topological polar surface area (TPSA) is 26.3 Å². The van der Waals surface area contributed by atoms with Crippen molar-refractivity contribution in [2.45, 2.75) is 19.8 Å². The summed E-state index contributed by atoms with van der Waals surface area (Å²) in [7, 11) is 0. The maximum atomic E-state index is 11.0. The van der Waals surface area contributed by atoms with Crippen LogP contribution in [-0.2, 0) is 11.2 Å². The van der Waals surface area contributed by atoms with Crippen LogP contribution in [0.3, 0.4) is 0 Å². The van der Waals surface area contributed by atoms with E-state index in [1.54, 1.807) is 0 Å². The van der Waals surface area contributed by atoms with Gasteiger partial charge in [0.05, 0.1) is 12.5 Å². The molecule has 1 aromatic rings. The average Bonchev–Trinajstić information content (AvgIpc) is 2.27. The van der Waals surface area contributed by atoms with Crippen molar-refractivity contribution in [1.29, 1.82) is 0 Å². The minimum atomic E-state index is 0.0819. The number of aryl methyl sites for hydroxylation is 1. The molecule has 0 saturated carbocycles. The van der Waals surface area contributed by atoms with Crippen LogP contribution >= 0.6 is 11.6 Å². The fraction of sp³-hybridized carbons (Fsp3) is 0.417. The number of benzene rings is 1. The van der Waals surface area contributed by atoms with Crippen LogP contribution in [0.1, 0.15) is 18.9 Å². The van der Waals surface area contributed by atoms with Crippen molar-refractivity contribution < 1.29 is 9.53 Å². The number of rotatable bonds is 6. The summed E-state index contributed by atoms with van der Waals surface area (Å²) in [6, 6.07) is 7.80. The number of ether oxygens (including phenoxy) is 1. The first-order valence-electron chi connectivity index (χ1n) is 5.05. The lowest BCUT2D eigenvalue weighted by Gasteiger charge is -2.05. The Kier molecular flexibility index (Phi) is 5.19. The SMILES string of the molecule is CCOc1cccc(CCC(=O)CCl)c1. The van der Waals surface area contributed by atoms with E-state index in [-0.39, 0.29) is 11.7 Å². The zero-order valence-electron chi connectivity index (χ0n) is 8.83. The standard InChI is InChI=1S/C12H15ClO2/c1-2-15-12-5-3-4-10(8-12)6-7-11(14)9-13/h3-5,8H,2,6-7,9H2,1H3. The van der Waals surface area contributed by atoms with E-state index >= 15 is 0 Å². The van der Waals surface area contributed by atoms with Crippen molar-refractivity contribution in [2.24, 2.45) is 0 Å². The van der Waals surface area contributed by atoms with E-state index in [2.05, 4.69) is 0 Å². The third-order valence-electron chi connectivity index (χ3n) is 2.05. The average molecular weight is 227 g/mol. The Morgan fingerprint density at radius 3 is 2.93 bits per heavy atom. The highest BCUT2D eigenvalue weighted by molar-refractivity contribution is 6.27. The molecule has 0 spiro atoms. The smallest absolute Gasteiger partial charge is 0.147 e. The first-order chi connectivity index (χ1) is 7.26. The Bertz CT molecular complexity index is 323. The highest BCUT2D eigenvalue weighted by Crippen LogP contribution is 2.14. The molecule has 0 aliphatic carbocycles. The van der Waals surface area contributed by atoms with Crippen LogP contribution in [0.4, 0.5) is 0 Å². The zero-order chi connectivity index (χ0) is 11.1. The number of Topliss-reactive ketones (excluding diaryl/α,β-unsaturated/α-hetero) is 1. The van der Waals surface area contributed by atoms with Crippen molar-refractivity contribution in [3.05, 3.63) is 29.8 Å². The van der Waals surface area contributed by atoms with Gasteiger partial charge in [0.1, 0.15) is 11.5 Å². The third kappa shape index (κ3) is 4.34. The lowest BCUT2D eigenvalue weighted by atomic mass is 10.1. The van der Waals surface area contributed by atoms with Gasteiger partial charge in [-0.2, -0.15) is 0 Å². The Morgan fingerprint density at radius 2 is 2.27 bits per heavy atom. The quantitative estimate of drug-likeness (QED) is 0.698. The van der Waals surface area contributed by atoms with Crippen molar-refractivity contribution in [2.75, 3.05) is 12.5 Å². The summed E-state index contributed by atoms with van der Waals surface area (Å²) < 4.78 is 5.37. The van der Waals surface area contributed by atoms with E-state index in [0.717, 1.165) is 17.7 Å². The summed E-state index contributed by atoms with van der Waals surface area (Å²) in [5, 5.41) is 0. The molecule has 0 heterocycles. The van der Waals surface area contributed by atoms with Crippen LogP contribution in [0, 0.1) is 0 Å². The molecule has 0 unspecified atom stereocenters. The number of hydrogen-bond donors (Lipinski definition) is 0. The molecule has 15 heavy (non-hydrogen) atoms. The number of hydrogen-bond acceptors (Lipinski definition) is 2. The lowest BCUT2D eigenvalue weighted by Crippen LogP contribution is -2.01. The van der Waals surface area contributed by atoms with E-state index in [4.69, 9.17) is 16.3 Å². The molecule has 0 aliphatic heterocycles. The Balaban J connectivity index is 2.53. The molecule has 0 aromatic heterocycles. The zero-order valence-corrected chi connectivity index (χ0v) is 9.59. The summed E-state index contributed by atoms with van der Waals surface area (Å²) in [5.74, 6) is 1.04. The minimum Gasteiger partial charge on any atom is -0.494 e. The van der Waals surface area contributed by atoms with E-state index in [1.807, 2.05) is 31.2 Å². The first kappa shape index (κ1) is 12.1. The number of carbonyl (C=O) groups is 1. The summed E-state index contributed by atoms with van der Waals surface area (Å²) >= 11 is 5.42. The maximum absolute atomic E-state index is 11.0. The summed E-state index contributed by atoms with van der Waals surface area (Å²) in [5.41, 5.74) is 1.11. The first-order valence-corrected chi connectivity index (χ1v) is 5.59. The lowest BCUT2D eigenvalue weighted by molar-refractivity contribution is -0.116. The maximum Gasteiger partial charge on any atom is 0.147 e. The van der Waals surface area contributed by atoms with Crippen molar-refractivity contribution in [3.63, 3.8) is 0 Å². The Hall–Kier alpha value is -1.02. The molecule has 0 radical (unpaired) electrons. The molecule has 0 atom stereocenters. The summed E-state index contributed by atoms with van der Waals surface area (Å²) in [6.07, 6.45) is 1.23. The molecule has 0 bridgehead atoms. The van der Waals surface area contributed by atoms with Gasteiger partial charge in [-0.1, -0.05) is 12.1 Å². The molecule has 2 nitrogen and oxygen atoms in total. The van der Waals surface area contributed by atoms with E-state index in [1.165, 1.54) is 0 Å². The second-order valence-corrected chi connectivity index (χ2v) is 3.52.